The summed E-state index contributed by atoms with van der Waals surface area (Å²) in [6, 6.07) is 29.5. The number of carbonyl (C=O) groups excluding carboxylic acids is 1. The second-order valence-electron chi connectivity index (χ2n) is 8.86. The van der Waals surface area contributed by atoms with Crippen LogP contribution in [-0.4, -0.2) is 75.2 Å². The smallest absolute Gasteiger partial charge is 0.351 e. The Bertz CT molecular complexity index is 1040. The number of nitrogens with one attached hydrogen (secondary N) is 1. The van der Waals surface area contributed by atoms with E-state index in [1.54, 1.807) is 23.5 Å². The van der Waals surface area contributed by atoms with Crippen LogP contribution in [0.1, 0.15) is 18.6 Å². The average Bonchev–Trinajstić information content (AvgIpc) is 2.95. The first kappa shape index (κ1) is 32.4. The maximum atomic E-state index is 11.0. The Morgan fingerprint density at radius 3 is 1.46 bits per heavy atom. The highest BCUT2D eigenvalue weighted by Crippen LogP contribution is 2.19. The molecule has 3 rings (SSSR count). The van der Waals surface area contributed by atoms with Gasteiger partial charge in [-0.2, -0.15) is 0 Å². The molecule has 0 bridgehead atoms. The fourth-order valence-corrected chi connectivity index (χ4v) is 5.46. The second kappa shape index (κ2) is 17.7. The van der Waals surface area contributed by atoms with Gasteiger partial charge in [0.15, 0.2) is 5.97 Å². The molecular weight excluding hydrogens is 538 g/mol. The van der Waals surface area contributed by atoms with Crippen LogP contribution in [0.25, 0.3) is 0 Å². The predicted octanol–water partition coefficient (Wildman–Crippen LogP) is 1.12. The molecule has 3 aromatic rings. The maximum absolute atomic E-state index is 11.0. The third kappa shape index (κ3) is 12.7. The Labute approximate surface area is 237 Å². The predicted molar refractivity (Wildman–Crippen MR) is 151 cm³/mol. The molecule has 0 spiro atoms. The molecule has 8 nitrogen and oxygen atoms in total. The highest BCUT2D eigenvalue weighted by molar-refractivity contribution is 7.99. The van der Waals surface area contributed by atoms with Crippen LogP contribution in [0.5, 0.6) is 0 Å². The lowest BCUT2D eigenvalue weighted by molar-refractivity contribution is -0.933. The Kier molecular flexibility index (Phi) is 14.7. The second-order valence-corrected chi connectivity index (χ2v) is 11.0. The Balaban J connectivity index is 0.000000798. The zero-order valence-corrected chi connectivity index (χ0v) is 23.3. The van der Waals surface area contributed by atoms with Gasteiger partial charge in [0, 0.05) is 21.3 Å². The number of aliphatic hydroxyl groups is 3. The molecular formula is C29H35NO7S2. The van der Waals surface area contributed by atoms with Crippen LogP contribution in [0.2, 0.25) is 0 Å². The molecule has 4 atom stereocenters. The molecule has 4 unspecified atom stereocenters. The lowest BCUT2D eigenvalue weighted by Gasteiger charge is -2.32. The van der Waals surface area contributed by atoms with Crippen LogP contribution < -0.4 is 10.0 Å². The number of thioether (sulfide) groups is 2. The van der Waals surface area contributed by atoms with Crippen molar-refractivity contribution in [3.8, 4) is 0 Å². The average molecular weight is 574 g/mol. The summed E-state index contributed by atoms with van der Waals surface area (Å²) >= 11 is 3.24. The minimum atomic E-state index is -2.07. The summed E-state index contributed by atoms with van der Waals surface area (Å²) < 4.78 is 0. The van der Waals surface area contributed by atoms with Crippen molar-refractivity contribution in [1.82, 2.24) is 0 Å². The van der Waals surface area contributed by atoms with E-state index in [4.69, 9.17) is 19.8 Å². The van der Waals surface area contributed by atoms with Gasteiger partial charge in [0.1, 0.15) is 37.4 Å². The molecule has 210 valence electrons. The highest BCUT2D eigenvalue weighted by atomic mass is 32.2. The van der Waals surface area contributed by atoms with Crippen LogP contribution in [0.3, 0.4) is 0 Å². The number of quaternary nitrogens is 1. The fraction of sp³-hybridized carbons (Fsp3) is 0.310. The van der Waals surface area contributed by atoms with Gasteiger partial charge in [0.25, 0.3) is 0 Å². The quantitative estimate of drug-likeness (QED) is 0.150. The molecule has 5 N–H and O–H groups in total. The van der Waals surface area contributed by atoms with Gasteiger partial charge in [-0.1, -0.05) is 66.7 Å². The third-order valence-corrected chi connectivity index (χ3v) is 8.11. The van der Waals surface area contributed by atoms with Gasteiger partial charge >= 0.3 is 5.97 Å². The molecule has 0 aliphatic carbocycles. The number of carboxylic acids is 2. The van der Waals surface area contributed by atoms with E-state index in [1.807, 2.05) is 97.9 Å². The molecule has 0 heterocycles. The number of rotatable bonds is 13. The van der Waals surface area contributed by atoms with E-state index in [-0.39, 0.29) is 6.04 Å². The van der Waals surface area contributed by atoms with Crippen molar-refractivity contribution in [1.29, 1.82) is 0 Å². The van der Waals surface area contributed by atoms with Crippen LogP contribution in [0.4, 0.5) is 0 Å². The molecule has 0 aliphatic rings. The van der Waals surface area contributed by atoms with E-state index >= 15 is 0 Å². The van der Waals surface area contributed by atoms with Crippen molar-refractivity contribution in [2.45, 2.75) is 41.1 Å². The normalized spacial score (nSPS) is 14.7. The van der Waals surface area contributed by atoms with Gasteiger partial charge in [-0.15, -0.1) is 23.5 Å². The van der Waals surface area contributed by atoms with Gasteiger partial charge in [0.2, 0.25) is 0 Å². The molecule has 39 heavy (non-hydrogen) atoms. The van der Waals surface area contributed by atoms with Gasteiger partial charge in [0.05, 0.1) is 0 Å². The van der Waals surface area contributed by atoms with Gasteiger partial charge < -0.3 is 35.2 Å². The largest absolute Gasteiger partial charge is 0.539 e. The zero-order valence-electron chi connectivity index (χ0n) is 21.6. The molecule has 0 saturated heterocycles. The summed E-state index contributed by atoms with van der Waals surface area (Å²) in [4.78, 5) is 21.3. The van der Waals surface area contributed by atoms with E-state index in [0.29, 0.717) is 24.6 Å². The lowest BCUT2D eigenvalue weighted by Crippen LogP contribution is -3.18. The SMILES string of the molecule is CC(C(O)c1ccccc1)[NH+](CC(O)CSc1ccccc1)CC(O)CSc1ccccc1.O=C([O-])C(=O)O. The molecule has 10 heteroatoms. The van der Waals surface area contributed by atoms with Crippen LogP contribution in [0.15, 0.2) is 101 Å². The Morgan fingerprint density at radius 2 is 1.10 bits per heavy atom. The summed E-state index contributed by atoms with van der Waals surface area (Å²) in [5.74, 6) is -2.88. The molecule has 3 aromatic carbocycles. The van der Waals surface area contributed by atoms with E-state index in [9.17, 15) is 15.3 Å². The number of hydrogen-bond acceptors (Lipinski definition) is 8. The first-order valence-electron chi connectivity index (χ1n) is 12.4. The number of hydrogen-bond donors (Lipinski definition) is 5. The topological polar surface area (TPSA) is 143 Å². The van der Waals surface area contributed by atoms with Gasteiger partial charge in [-0.05, 0) is 36.8 Å². The van der Waals surface area contributed by atoms with Crippen LogP contribution >= 0.6 is 23.5 Å². The number of carbonyl (C=O) groups is 2. The van der Waals surface area contributed by atoms with Crippen LogP contribution in [0, 0.1) is 0 Å². The van der Waals surface area contributed by atoms with Crippen LogP contribution in [-0.2, 0) is 9.59 Å². The zero-order chi connectivity index (χ0) is 28.6. The molecule has 0 radical (unpaired) electrons. The van der Waals surface area contributed by atoms with Gasteiger partial charge in [-0.3, -0.25) is 0 Å². The number of aliphatic carboxylic acids is 2. The summed E-state index contributed by atoms with van der Waals surface area (Å²) in [6.07, 6.45) is -1.78. The molecule has 0 aliphatic heterocycles. The summed E-state index contributed by atoms with van der Waals surface area (Å²) in [6.45, 7) is 2.90. The van der Waals surface area contributed by atoms with Gasteiger partial charge in [-0.25, -0.2) is 4.79 Å². The summed E-state index contributed by atoms with van der Waals surface area (Å²) in [5.41, 5.74) is 0.851. The van der Waals surface area contributed by atoms with E-state index in [1.165, 1.54) is 0 Å². The van der Waals surface area contributed by atoms with E-state index in [2.05, 4.69) is 0 Å². The van der Waals surface area contributed by atoms with E-state index < -0.39 is 30.3 Å². The molecule has 0 amide bonds. The van der Waals surface area contributed by atoms with Crippen molar-refractivity contribution >= 4 is 35.5 Å². The summed E-state index contributed by atoms with van der Waals surface area (Å²) in [7, 11) is 0. The first-order chi connectivity index (χ1) is 18.7. The Morgan fingerprint density at radius 1 is 0.744 bits per heavy atom. The standard InChI is InChI=1S/C27H33NO3S2.C2H2O4/c1-21(27(31)22-11-5-2-6-12-22)28(17-23(29)19-32-25-13-7-3-8-14-25)18-24(30)20-33-26-15-9-4-10-16-26;3-1(4)2(5)6/h2-16,21,23-24,27,29-31H,17-20H2,1H3;(H,3,4)(H,5,6). The highest BCUT2D eigenvalue weighted by Gasteiger charge is 2.30. The summed E-state index contributed by atoms with van der Waals surface area (Å²) in [5, 5.41) is 48.9. The van der Waals surface area contributed by atoms with Crippen molar-refractivity contribution in [2.75, 3.05) is 24.6 Å². The molecule has 0 saturated carbocycles. The monoisotopic (exact) mass is 573 g/mol. The molecule has 0 aromatic heterocycles. The third-order valence-electron chi connectivity index (χ3n) is 5.80. The van der Waals surface area contributed by atoms with Crippen molar-refractivity contribution in [3.63, 3.8) is 0 Å². The Hall–Kier alpha value is -2.86. The molecule has 0 fully saturated rings. The maximum Gasteiger partial charge on any atom is 0.351 e. The number of aliphatic hydroxyl groups excluding tert-OH is 3. The van der Waals surface area contributed by atoms with Crippen molar-refractivity contribution in [2.24, 2.45) is 0 Å². The lowest BCUT2D eigenvalue weighted by atomic mass is 10.0. The van der Waals surface area contributed by atoms with E-state index in [0.717, 1.165) is 20.3 Å². The minimum absolute atomic E-state index is 0.180. The fourth-order valence-electron chi connectivity index (χ4n) is 3.76. The number of carboxylic acid groups (broad SMARTS) is 2. The van der Waals surface area contributed by atoms with Crippen molar-refractivity contribution < 1.29 is 40.0 Å². The minimum Gasteiger partial charge on any atom is -0.539 e. The number of benzene rings is 3. The van der Waals surface area contributed by atoms with Crippen molar-refractivity contribution in [3.05, 3.63) is 96.6 Å². The first-order valence-corrected chi connectivity index (χ1v) is 14.4.